The Hall–Kier alpha value is -0.530. The summed E-state index contributed by atoms with van der Waals surface area (Å²) in [5.74, 6) is -0.677. The molecule has 96 valence electrons. The van der Waals surface area contributed by atoms with Crippen molar-refractivity contribution in [3.05, 3.63) is 0 Å². The fraction of sp³-hybridized carbons (Fsp3) is 0.900. The molecule has 6 nitrogen and oxygen atoms in total. The van der Waals surface area contributed by atoms with Crippen molar-refractivity contribution in [1.29, 1.82) is 0 Å². The second kappa shape index (κ2) is 6.93. The fourth-order valence-electron chi connectivity index (χ4n) is 1.04. The summed E-state index contributed by atoms with van der Waals surface area (Å²) >= 11 is 0. The third-order valence-corrected chi connectivity index (χ3v) is 2.08. The molecule has 0 saturated heterocycles. The Morgan fingerprint density at radius 2 is 1.62 bits per heavy atom. The summed E-state index contributed by atoms with van der Waals surface area (Å²) in [4.78, 5) is 10.7. The second-order valence-corrected chi connectivity index (χ2v) is 3.99. The Kier molecular flexibility index (Phi) is 6.70. The lowest BCUT2D eigenvalue weighted by Crippen LogP contribution is -2.48. The highest BCUT2D eigenvalue weighted by Gasteiger charge is 2.32. The van der Waals surface area contributed by atoms with Crippen LogP contribution in [0.3, 0.4) is 0 Å². The van der Waals surface area contributed by atoms with Gasteiger partial charge in [0.05, 0.1) is 12.7 Å². The van der Waals surface area contributed by atoms with Gasteiger partial charge in [-0.15, -0.1) is 0 Å². The Labute approximate surface area is 94.5 Å². The van der Waals surface area contributed by atoms with Gasteiger partial charge in [0.1, 0.15) is 24.4 Å². The maximum absolute atomic E-state index is 10.7. The molecule has 0 aliphatic heterocycles. The van der Waals surface area contributed by atoms with Crippen molar-refractivity contribution >= 4 is 5.78 Å². The summed E-state index contributed by atoms with van der Waals surface area (Å²) in [5.41, 5.74) is 0. The van der Waals surface area contributed by atoms with Gasteiger partial charge in [-0.25, -0.2) is 0 Å². The van der Waals surface area contributed by atoms with Gasteiger partial charge in [-0.2, -0.15) is 0 Å². The lowest BCUT2D eigenvalue weighted by molar-refractivity contribution is -0.148. The van der Waals surface area contributed by atoms with E-state index >= 15 is 0 Å². The van der Waals surface area contributed by atoms with E-state index in [1.165, 1.54) is 0 Å². The minimum absolute atomic E-state index is 0.128. The quantitative estimate of drug-likeness (QED) is 0.426. The molecular formula is C10H20O6. The molecule has 0 radical (unpaired) electrons. The number of aliphatic hydroxyl groups is 4. The van der Waals surface area contributed by atoms with Crippen LogP contribution in [-0.4, -0.2) is 63.3 Å². The van der Waals surface area contributed by atoms with Gasteiger partial charge in [0.2, 0.25) is 0 Å². The number of aliphatic hydroxyl groups excluding tert-OH is 4. The molecule has 0 rings (SSSR count). The van der Waals surface area contributed by atoms with Gasteiger partial charge in [-0.3, -0.25) is 4.79 Å². The molecule has 0 fully saturated rings. The number of hydrogen-bond acceptors (Lipinski definition) is 6. The van der Waals surface area contributed by atoms with Crippen molar-refractivity contribution in [1.82, 2.24) is 0 Å². The topological polar surface area (TPSA) is 107 Å². The SMILES string of the molecule is CC(=O)[C@H](O)[C@@H](O)[C@H](O)[C@H](O)COC(C)C. The lowest BCUT2D eigenvalue weighted by Gasteiger charge is -2.25. The van der Waals surface area contributed by atoms with E-state index < -0.39 is 30.2 Å². The second-order valence-electron chi connectivity index (χ2n) is 3.99. The van der Waals surface area contributed by atoms with E-state index in [0.717, 1.165) is 6.92 Å². The molecule has 0 heterocycles. The number of hydrogen-bond donors (Lipinski definition) is 4. The molecule has 4 atom stereocenters. The molecule has 0 amide bonds. The van der Waals surface area contributed by atoms with Crippen LogP contribution in [0.1, 0.15) is 20.8 Å². The van der Waals surface area contributed by atoms with Crippen molar-refractivity contribution in [3.8, 4) is 0 Å². The van der Waals surface area contributed by atoms with Crippen LogP contribution in [0.25, 0.3) is 0 Å². The molecule has 4 N–H and O–H groups in total. The zero-order valence-corrected chi connectivity index (χ0v) is 9.70. The monoisotopic (exact) mass is 236 g/mol. The predicted octanol–water partition coefficient (Wildman–Crippen LogP) is -1.56. The smallest absolute Gasteiger partial charge is 0.160 e. The predicted molar refractivity (Wildman–Crippen MR) is 55.8 cm³/mol. The minimum Gasteiger partial charge on any atom is -0.388 e. The highest BCUT2D eigenvalue weighted by atomic mass is 16.5. The summed E-state index contributed by atoms with van der Waals surface area (Å²) in [6.45, 7) is 4.40. The number of ketones is 1. The molecule has 0 aromatic rings. The third-order valence-electron chi connectivity index (χ3n) is 2.08. The molecule has 0 aliphatic rings. The molecule has 6 heteroatoms. The molecule has 0 saturated carbocycles. The number of ether oxygens (including phenoxy) is 1. The number of Topliss-reactive ketones (excluding diaryl/α,β-unsaturated/α-hetero) is 1. The van der Waals surface area contributed by atoms with Crippen LogP contribution >= 0.6 is 0 Å². The van der Waals surface area contributed by atoms with Crippen molar-refractivity contribution < 1.29 is 30.0 Å². The highest BCUT2D eigenvalue weighted by molar-refractivity contribution is 5.80. The Bertz CT molecular complexity index is 217. The third kappa shape index (κ3) is 5.00. The summed E-state index contributed by atoms with van der Waals surface area (Å²) in [5, 5.41) is 37.4. The summed E-state index contributed by atoms with van der Waals surface area (Å²) in [6.07, 6.45) is -6.53. The molecule has 0 aliphatic carbocycles. The van der Waals surface area contributed by atoms with Crippen molar-refractivity contribution in [3.63, 3.8) is 0 Å². The maximum Gasteiger partial charge on any atom is 0.160 e. The van der Waals surface area contributed by atoms with Gasteiger partial charge >= 0.3 is 0 Å². The van der Waals surface area contributed by atoms with Crippen LogP contribution in [-0.2, 0) is 9.53 Å². The van der Waals surface area contributed by atoms with E-state index in [4.69, 9.17) is 4.74 Å². The van der Waals surface area contributed by atoms with Crippen LogP contribution < -0.4 is 0 Å². The first-order valence-corrected chi connectivity index (χ1v) is 5.11. The Balaban J connectivity index is 4.20. The summed E-state index contributed by atoms with van der Waals surface area (Å²) in [6, 6.07) is 0. The average Bonchev–Trinajstić information content (AvgIpc) is 2.22. The molecule has 16 heavy (non-hydrogen) atoms. The normalized spacial score (nSPS) is 19.2. The Morgan fingerprint density at radius 1 is 1.12 bits per heavy atom. The maximum atomic E-state index is 10.7. The van der Waals surface area contributed by atoms with Crippen LogP contribution in [0.4, 0.5) is 0 Å². The van der Waals surface area contributed by atoms with Crippen molar-refractivity contribution in [2.45, 2.75) is 51.3 Å². The number of carbonyl (C=O) groups excluding carboxylic acids is 1. The van der Waals surface area contributed by atoms with Gasteiger partial charge in [0, 0.05) is 0 Å². The van der Waals surface area contributed by atoms with Crippen molar-refractivity contribution in [2.75, 3.05) is 6.61 Å². The standard InChI is InChI=1S/C10H20O6/c1-5(2)16-4-7(12)9(14)10(15)8(13)6(3)11/h5,7-10,12-15H,4H2,1-3H3/t7-,8+,9-,10-/m1/s1. The van der Waals surface area contributed by atoms with Gasteiger partial charge in [-0.05, 0) is 20.8 Å². The van der Waals surface area contributed by atoms with Crippen molar-refractivity contribution in [2.24, 2.45) is 0 Å². The first-order valence-electron chi connectivity index (χ1n) is 5.11. The molecule has 0 aromatic heterocycles. The van der Waals surface area contributed by atoms with Crippen LogP contribution in [0, 0.1) is 0 Å². The first-order chi connectivity index (χ1) is 7.27. The van der Waals surface area contributed by atoms with Gasteiger partial charge in [0.25, 0.3) is 0 Å². The summed E-state index contributed by atoms with van der Waals surface area (Å²) < 4.78 is 5.03. The Morgan fingerprint density at radius 3 is 2.00 bits per heavy atom. The van der Waals surface area contributed by atoms with E-state index in [1.807, 2.05) is 0 Å². The van der Waals surface area contributed by atoms with Crippen LogP contribution in [0.5, 0.6) is 0 Å². The first kappa shape index (κ1) is 15.5. The fourth-order valence-corrected chi connectivity index (χ4v) is 1.04. The van der Waals surface area contributed by atoms with E-state index in [0.29, 0.717) is 0 Å². The molecule has 0 unspecified atom stereocenters. The van der Waals surface area contributed by atoms with Gasteiger partial charge < -0.3 is 25.2 Å². The van der Waals surface area contributed by atoms with E-state index in [2.05, 4.69) is 0 Å². The van der Waals surface area contributed by atoms with E-state index in [1.54, 1.807) is 13.8 Å². The van der Waals surface area contributed by atoms with Gasteiger partial charge in [0.15, 0.2) is 5.78 Å². The largest absolute Gasteiger partial charge is 0.388 e. The van der Waals surface area contributed by atoms with E-state index in [-0.39, 0.29) is 12.7 Å². The molecular weight excluding hydrogens is 216 g/mol. The zero-order chi connectivity index (χ0) is 12.9. The van der Waals surface area contributed by atoms with Gasteiger partial charge in [-0.1, -0.05) is 0 Å². The molecule has 0 bridgehead atoms. The molecule has 0 aromatic carbocycles. The highest BCUT2D eigenvalue weighted by Crippen LogP contribution is 2.07. The van der Waals surface area contributed by atoms with Crippen LogP contribution in [0.15, 0.2) is 0 Å². The van der Waals surface area contributed by atoms with E-state index in [9.17, 15) is 25.2 Å². The molecule has 0 spiro atoms. The van der Waals surface area contributed by atoms with Crippen LogP contribution in [0.2, 0.25) is 0 Å². The average molecular weight is 236 g/mol. The zero-order valence-electron chi connectivity index (χ0n) is 9.70. The minimum atomic E-state index is -1.72. The number of carbonyl (C=O) groups is 1. The summed E-state index contributed by atoms with van der Waals surface area (Å²) in [7, 11) is 0. The lowest BCUT2D eigenvalue weighted by atomic mass is 10.0. The number of rotatable bonds is 7.